The minimum Gasteiger partial charge on any atom is -0.497 e. The Morgan fingerprint density at radius 1 is 1.08 bits per heavy atom. The van der Waals surface area contributed by atoms with Crippen LogP contribution in [0.4, 0.5) is 0 Å². The summed E-state index contributed by atoms with van der Waals surface area (Å²) in [4.78, 5) is 0.831. The number of rotatable bonds is 3. The van der Waals surface area contributed by atoms with Crippen molar-refractivity contribution in [3.63, 3.8) is 0 Å². The summed E-state index contributed by atoms with van der Waals surface area (Å²) >= 11 is 5.07. The van der Waals surface area contributed by atoms with Crippen LogP contribution >= 0.6 is 12.2 Å². The molecular formula is C10H12O2S. The lowest BCUT2D eigenvalue weighted by Crippen LogP contribution is -1.94. The van der Waals surface area contributed by atoms with E-state index in [1.807, 2.05) is 25.1 Å². The largest absolute Gasteiger partial charge is 0.497 e. The van der Waals surface area contributed by atoms with E-state index in [1.165, 1.54) is 0 Å². The maximum atomic E-state index is 5.11. The lowest BCUT2D eigenvalue weighted by molar-refractivity contribution is 0.394. The second-order valence-electron chi connectivity index (χ2n) is 2.66. The monoisotopic (exact) mass is 196 g/mol. The molecule has 0 bridgehead atoms. The summed E-state index contributed by atoms with van der Waals surface area (Å²) in [7, 11) is 3.24. The molecule has 0 unspecified atom stereocenters. The molecule has 0 fully saturated rings. The van der Waals surface area contributed by atoms with Gasteiger partial charge in [0.2, 0.25) is 0 Å². The van der Waals surface area contributed by atoms with Crippen LogP contribution in [0, 0.1) is 0 Å². The molecule has 0 aliphatic rings. The van der Waals surface area contributed by atoms with Gasteiger partial charge in [-0.25, -0.2) is 0 Å². The predicted octanol–water partition coefficient (Wildman–Crippen LogP) is 2.44. The maximum absolute atomic E-state index is 5.11. The number of ether oxygens (including phenoxy) is 2. The van der Waals surface area contributed by atoms with E-state index in [0.29, 0.717) is 0 Å². The number of benzene rings is 1. The average Bonchev–Trinajstić information content (AvgIpc) is 2.16. The van der Waals surface area contributed by atoms with Gasteiger partial charge in [0.25, 0.3) is 0 Å². The normalized spacial score (nSPS) is 9.46. The Balaban J connectivity index is 3.14. The van der Waals surface area contributed by atoms with E-state index in [-0.39, 0.29) is 0 Å². The molecule has 1 rings (SSSR count). The fraction of sp³-hybridized carbons (Fsp3) is 0.300. The van der Waals surface area contributed by atoms with Gasteiger partial charge in [0.05, 0.1) is 14.2 Å². The SMILES string of the molecule is COc1cc(OC)cc(C(C)=S)c1. The van der Waals surface area contributed by atoms with E-state index in [1.54, 1.807) is 14.2 Å². The summed E-state index contributed by atoms with van der Waals surface area (Å²) in [6, 6.07) is 5.61. The molecule has 70 valence electrons. The van der Waals surface area contributed by atoms with Crippen molar-refractivity contribution in [3.8, 4) is 11.5 Å². The second kappa shape index (κ2) is 4.23. The van der Waals surface area contributed by atoms with Crippen molar-refractivity contribution in [1.82, 2.24) is 0 Å². The van der Waals surface area contributed by atoms with Crippen molar-refractivity contribution in [3.05, 3.63) is 23.8 Å². The van der Waals surface area contributed by atoms with Crippen LogP contribution in [0.2, 0.25) is 0 Å². The van der Waals surface area contributed by atoms with Gasteiger partial charge in [-0.2, -0.15) is 0 Å². The van der Waals surface area contributed by atoms with Gasteiger partial charge in [-0.3, -0.25) is 0 Å². The molecule has 1 aromatic rings. The van der Waals surface area contributed by atoms with Crippen LogP contribution in [-0.4, -0.2) is 19.1 Å². The quantitative estimate of drug-likeness (QED) is 0.546. The van der Waals surface area contributed by atoms with Crippen LogP contribution < -0.4 is 9.47 Å². The van der Waals surface area contributed by atoms with Crippen LogP contribution in [0.1, 0.15) is 12.5 Å². The van der Waals surface area contributed by atoms with Gasteiger partial charge >= 0.3 is 0 Å². The van der Waals surface area contributed by atoms with Crippen molar-refractivity contribution >= 4 is 17.1 Å². The van der Waals surface area contributed by atoms with Gasteiger partial charge in [0.1, 0.15) is 11.5 Å². The Kier molecular flexibility index (Phi) is 3.25. The number of hydrogen-bond acceptors (Lipinski definition) is 3. The van der Waals surface area contributed by atoms with Crippen LogP contribution in [0.5, 0.6) is 11.5 Å². The molecule has 0 aliphatic carbocycles. The van der Waals surface area contributed by atoms with E-state index in [4.69, 9.17) is 21.7 Å². The van der Waals surface area contributed by atoms with Crippen molar-refractivity contribution in [2.75, 3.05) is 14.2 Å². The standard InChI is InChI=1S/C10H12O2S/c1-7(13)8-4-9(11-2)6-10(5-8)12-3/h4-6H,1-3H3. The van der Waals surface area contributed by atoms with Gasteiger partial charge in [-0.15, -0.1) is 0 Å². The highest BCUT2D eigenvalue weighted by Crippen LogP contribution is 2.22. The first kappa shape index (κ1) is 9.99. The fourth-order valence-electron chi connectivity index (χ4n) is 1.01. The first-order valence-corrected chi connectivity index (χ1v) is 4.32. The third-order valence-corrected chi connectivity index (χ3v) is 1.99. The molecule has 0 spiro atoms. The number of thiocarbonyl (C=S) groups is 1. The second-order valence-corrected chi connectivity index (χ2v) is 3.27. The predicted molar refractivity (Wildman–Crippen MR) is 56.9 cm³/mol. The van der Waals surface area contributed by atoms with Crippen molar-refractivity contribution < 1.29 is 9.47 Å². The highest BCUT2D eigenvalue weighted by Gasteiger charge is 2.02. The summed E-state index contributed by atoms with van der Waals surface area (Å²) < 4.78 is 10.2. The molecule has 0 aromatic heterocycles. The van der Waals surface area contributed by atoms with Crippen molar-refractivity contribution in [2.45, 2.75) is 6.92 Å². The Morgan fingerprint density at radius 3 is 1.85 bits per heavy atom. The van der Waals surface area contributed by atoms with E-state index >= 15 is 0 Å². The minimum absolute atomic E-state index is 0.763. The highest BCUT2D eigenvalue weighted by atomic mass is 32.1. The lowest BCUT2D eigenvalue weighted by atomic mass is 10.1. The molecule has 3 heteroatoms. The minimum atomic E-state index is 0.763. The van der Waals surface area contributed by atoms with E-state index < -0.39 is 0 Å². The van der Waals surface area contributed by atoms with Gasteiger partial charge in [-0.1, -0.05) is 12.2 Å². The molecular weight excluding hydrogens is 184 g/mol. The molecule has 0 N–H and O–H groups in total. The Hall–Kier alpha value is -1.09. The Bertz CT molecular complexity index is 298. The molecule has 1 aromatic carbocycles. The molecule has 0 radical (unpaired) electrons. The topological polar surface area (TPSA) is 18.5 Å². The van der Waals surface area contributed by atoms with E-state index in [2.05, 4.69) is 0 Å². The van der Waals surface area contributed by atoms with Gasteiger partial charge in [0, 0.05) is 10.9 Å². The molecule has 0 heterocycles. The lowest BCUT2D eigenvalue weighted by Gasteiger charge is -2.06. The average molecular weight is 196 g/mol. The smallest absolute Gasteiger partial charge is 0.123 e. The highest BCUT2D eigenvalue weighted by molar-refractivity contribution is 7.80. The molecule has 0 atom stereocenters. The van der Waals surface area contributed by atoms with Crippen LogP contribution in [0.15, 0.2) is 18.2 Å². The molecule has 13 heavy (non-hydrogen) atoms. The molecule has 0 saturated carbocycles. The number of methoxy groups -OCH3 is 2. The summed E-state index contributed by atoms with van der Waals surface area (Å²) in [6.45, 7) is 1.88. The molecule has 0 aliphatic heterocycles. The third kappa shape index (κ3) is 2.42. The molecule has 2 nitrogen and oxygen atoms in total. The van der Waals surface area contributed by atoms with E-state index in [0.717, 1.165) is 21.9 Å². The van der Waals surface area contributed by atoms with Crippen molar-refractivity contribution in [1.29, 1.82) is 0 Å². The van der Waals surface area contributed by atoms with Crippen LogP contribution in [0.3, 0.4) is 0 Å². The summed E-state index contributed by atoms with van der Waals surface area (Å²) in [5, 5.41) is 0. The summed E-state index contributed by atoms with van der Waals surface area (Å²) in [6.07, 6.45) is 0. The Morgan fingerprint density at radius 2 is 1.54 bits per heavy atom. The molecule has 0 saturated heterocycles. The summed E-state index contributed by atoms with van der Waals surface area (Å²) in [5.41, 5.74) is 0.964. The van der Waals surface area contributed by atoms with Gasteiger partial charge in [-0.05, 0) is 24.6 Å². The maximum Gasteiger partial charge on any atom is 0.123 e. The van der Waals surface area contributed by atoms with Gasteiger partial charge in [0.15, 0.2) is 0 Å². The van der Waals surface area contributed by atoms with E-state index in [9.17, 15) is 0 Å². The zero-order valence-corrected chi connectivity index (χ0v) is 8.77. The van der Waals surface area contributed by atoms with Crippen LogP contribution in [-0.2, 0) is 0 Å². The third-order valence-electron chi connectivity index (χ3n) is 1.76. The zero-order valence-electron chi connectivity index (χ0n) is 7.96. The number of hydrogen-bond donors (Lipinski definition) is 0. The fourth-order valence-corrected chi connectivity index (χ4v) is 1.13. The first-order valence-electron chi connectivity index (χ1n) is 3.91. The van der Waals surface area contributed by atoms with Crippen molar-refractivity contribution in [2.24, 2.45) is 0 Å². The van der Waals surface area contributed by atoms with Gasteiger partial charge < -0.3 is 9.47 Å². The molecule has 0 amide bonds. The Labute approximate surface area is 83.5 Å². The van der Waals surface area contributed by atoms with Crippen LogP contribution in [0.25, 0.3) is 0 Å². The first-order chi connectivity index (χ1) is 6.17. The zero-order chi connectivity index (χ0) is 9.84. The summed E-state index contributed by atoms with van der Waals surface area (Å²) in [5.74, 6) is 1.53.